The number of fused-ring (bicyclic) bond motifs is 1. The third-order valence-electron chi connectivity index (χ3n) is 4.19. The van der Waals surface area contributed by atoms with E-state index in [1.807, 2.05) is 0 Å². The summed E-state index contributed by atoms with van der Waals surface area (Å²) in [4.78, 5) is 57.9. The lowest BCUT2D eigenvalue weighted by atomic mass is 9.98. The molecule has 3 rings (SSSR count). The average Bonchev–Trinajstić information content (AvgIpc) is 3.13. The second-order valence-electron chi connectivity index (χ2n) is 6.13. The number of thiazole rings is 1. The molecule has 2 aliphatic rings. The van der Waals surface area contributed by atoms with Crippen LogP contribution >= 0.6 is 23.1 Å². The van der Waals surface area contributed by atoms with Crippen LogP contribution in [0, 0.1) is 0 Å². The number of nitrogens with one attached hydrogen (secondary N) is 1. The smallest absolute Gasteiger partial charge is 0.330 e. The van der Waals surface area contributed by atoms with Crippen molar-refractivity contribution in [3.8, 4) is 0 Å². The number of ether oxygens (including phenoxy) is 1. The van der Waals surface area contributed by atoms with E-state index in [2.05, 4.69) is 20.3 Å². The molecule has 4 N–H and O–H groups in total. The normalized spacial score (nSPS) is 23.1. The Morgan fingerprint density at radius 1 is 1.43 bits per heavy atom. The minimum Gasteiger partial charge on any atom is -0.479 e. The highest BCUT2D eigenvalue weighted by Gasteiger charge is 2.56. The zero-order chi connectivity index (χ0) is 22.0. The molecule has 1 aromatic heterocycles. The van der Waals surface area contributed by atoms with Gasteiger partial charge in [0.05, 0.1) is 0 Å². The molecule has 0 unspecified atom stereocenters. The SMILES string of the molecule is CO/N=C(\C(=O)N[C@@H]1C(=O)N2[C@@H](C(=O)O)C(COC(C)=O)=CS[C@H]12)c1csc(N)n1. The third kappa shape index (κ3) is 4.09. The maximum absolute atomic E-state index is 12.7. The van der Waals surface area contributed by atoms with Crippen molar-refractivity contribution in [2.24, 2.45) is 5.16 Å². The molecule has 0 aromatic carbocycles. The quantitative estimate of drug-likeness (QED) is 0.208. The first-order chi connectivity index (χ1) is 14.2. The molecule has 160 valence electrons. The average molecular weight is 455 g/mol. The van der Waals surface area contributed by atoms with Crippen molar-refractivity contribution >= 4 is 57.7 Å². The van der Waals surface area contributed by atoms with Crippen LogP contribution < -0.4 is 11.1 Å². The Morgan fingerprint density at radius 3 is 2.73 bits per heavy atom. The zero-order valence-electron chi connectivity index (χ0n) is 15.7. The van der Waals surface area contributed by atoms with E-state index < -0.39 is 41.2 Å². The molecule has 30 heavy (non-hydrogen) atoms. The summed E-state index contributed by atoms with van der Waals surface area (Å²) in [6.45, 7) is 0.952. The summed E-state index contributed by atoms with van der Waals surface area (Å²) in [6.07, 6.45) is 0. The molecule has 2 aliphatic heterocycles. The summed E-state index contributed by atoms with van der Waals surface area (Å²) in [5, 5.41) is 18.4. The zero-order valence-corrected chi connectivity index (χ0v) is 17.4. The van der Waals surface area contributed by atoms with Gasteiger partial charge in [-0.05, 0) is 5.41 Å². The number of carboxylic acids is 1. The molecule has 3 atom stereocenters. The topological polar surface area (TPSA) is 174 Å². The highest BCUT2D eigenvalue weighted by molar-refractivity contribution is 8.03. The van der Waals surface area contributed by atoms with E-state index in [9.17, 15) is 24.3 Å². The highest BCUT2D eigenvalue weighted by Crippen LogP contribution is 2.40. The Balaban J connectivity index is 1.76. The van der Waals surface area contributed by atoms with Crippen molar-refractivity contribution in [1.82, 2.24) is 15.2 Å². The predicted octanol–water partition coefficient (Wildman–Crippen LogP) is -0.624. The molecule has 1 aromatic rings. The lowest BCUT2D eigenvalue weighted by Gasteiger charge is -2.51. The number of amides is 2. The number of hydrogen-bond donors (Lipinski definition) is 3. The first-order valence-electron chi connectivity index (χ1n) is 8.40. The number of nitrogens with zero attached hydrogens (tertiary/aromatic N) is 3. The maximum Gasteiger partial charge on any atom is 0.330 e. The van der Waals surface area contributed by atoms with Gasteiger partial charge < -0.3 is 30.6 Å². The van der Waals surface area contributed by atoms with Gasteiger partial charge in [-0.15, -0.1) is 23.1 Å². The minimum atomic E-state index is -1.29. The van der Waals surface area contributed by atoms with Crippen molar-refractivity contribution in [2.75, 3.05) is 19.5 Å². The van der Waals surface area contributed by atoms with Gasteiger partial charge in [0.2, 0.25) is 5.91 Å². The lowest BCUT2D eigenvalue weighted by Crippen LogP contribution is -2.74. The largest absolute Gasteiger partial charge is 0.479 e. The van der Waals surface area contributed by atoms with Crippen molar-refractivity contribution in [3.63, 3.8) is 0 Å². The summed E-state index contributed by atoms with van der Waals surface area (Å²) in [6, 6.07) is -2.27. The Labute approximate surface area is 178 Å². The van der Waals surface area contributed by atoms with E-state index in [1.54, 1.807) is 0 Å². The third-order valence-corrected chi connectivity index (χ3v) is 6.08. The number of carbonyl (C=O) groups is 4. The van der Waals surface area contributed by atoms with Crippen molar-refractivity contribution in [2.45, 2.75) is 24.4 Å². The highest BCUT2D eigenvalue weighted by atomic mass is 32.2. The number of rotatable bonds is 7. The molecule has 0 bridgehead atoms. The molecule has 2 amide bonds. The number of carboxylic acid groups (broad SMARTS) is 1. The standard InChI is InChI=1S/C16H17N5O7S2/c1-6(22)28-3-7-4-29-14-10(13(24)21(14)11(7)15(25)26)19-12(23)9(20-27-2)8-5-30-16(17)18-8/h4-5,10-11,14H,3H2,1-2H3,(H2,17,18)(H,19,23)(H,25,26)/b20-9-/t10-,11-,14-/m1/s1. The molecule has 12 nitrogen and oxygen atoms in total. The fraction of sp³-hybridized carbons (Fsp3) is 0.375. The summed E-state index contributed by atoms with van der Waals surface area (Å²) in [7, 11) is 1.25. The van der Waals surface area contributed by atoms with Crippen LogP contribution in [-0.4, -0.2) is 75.6 Å². The number of β-lactam (4-membered cyclic amide) rings is 1. The Morgan fingerprint density at radius 2 is 2.17 bits per heavy atom. The number of thioether (sulfide) groups is 1. The molecule has 0 aliphatic carbocycles. The summed E-state index contributed by atoms with van der Waals surface area (Å²) in [5.74, 6) is -3.14. The van der Waals surface area contributed by atoms with Gasteiger partial charge in [-0.25, -0.2) is 9.78 Å². The number of nitrogen functional groups attached to an aromatic ring is 1. The number of aromatic nitrogens is 1. The van der Waals surface area contributed by atoms with Gasteiger partial charge in [-0.2, -0.15) is 0 Å². The number of hydrogen-bond acceptors (Lipinski definition) is 11. The van der Waals surface area contributed by atoms with Crippen molar-refractivity contribution in [3.05, 3.63) is 22.1 Å². The van der Waals surface area contributed by atoms with Crippen LogP contribution in [-0.2, 0) is 28.8 Å². The molecule has 3 heterocycles. The van der Waals surface area contributed by atoms with E-state index >= 15 is 0 Å². The van der Waals surface area contributed by atoms with E-state index in [0.717, 1.165) is 28.0 Å². The van der Waals surface area contributed by atoms with Crippen LogP contribution in [0.3, 0.4) is 0 Å². The fourth-order valence-electron chi connectivity index (χ4n) is 2.92. The van der Waals surface area contributed by atoms with E-state index in [4.69, 9.17) is 10.5 Å². The van der Waals surface area contributed by atoms with Gasteiger partial charge in [0, 0.05) is 17.9 Å². The summed E-state index contributed by atoms with van der Waals surface area (Å²) >= 11 is 2.25. The molecular weight excluding hydrogens is 438 g/mol. The van der Waals surface area contributed by atoms with Crippen molar-refractivity contribution in [1.29, 1.82) is 0 Å². The summed E-state index contributed by atoms with van der Waals surface area (Å²) in [5.41, 5.74) is 5.86. The molecule has 14 heteroatoms. The fourth-order valence-corrected chi connectivity index (χ4v) is 4.67. The second-order valence-corrected chi connectivity index (χ2v) is 8.01. The molecule has 0 saturated carbocycles. The first-order valence-corrected chi connectivity index (χ1v) is 10.2. The number of oxime groups is 1. The monoisotopic (exact) mass is 455 g/mol. The van der Waals surface area contributed by atoms with Gasteiger partial charge in [0.1, 0.15) is 30.8 Å². The number of anilines is 1. The number of nitrogens with two attached hydrogens (primary N) is 1. The van der Waals surface area contributed by atoms with Crippen LogP contribution in [0.4, 0.5) is 5.13 Å². The maximum atomic E-state index is 12.7. The first kappa shape index (κ1) is 21.6. The van der Waals surface area contributed by atoms with Gasteiger partial charge in [-0.1, -0.05) is 5.16 Å². The second kappa shape index (κ2) is 8.71. The molecule has 1 fully saturated rings. The number of aliphatic carboxylic acids is 1. The lowest BCUT2D eigenvalue weighted by molar-refractivity contribution is -0.160. The molecule has 0 radical (unpaired) electrons. The molecule has 1 saturated heterocycles. The Kier molecular flexibility index (Phi) is 6.26. The minimum absolute atomic E-state index is 0.168. The van der Waals surface area contributed by atoms with E-state index in [0.29, 0.717) is 0 Å². The van der Waals surface area contributed by atoms with Crippen LogP contribution in [0.25, 0.3) is 0 Å². The van der Waals surface area contributed by atoms with Crippen LogP contribution in [0.1, 0.15) is 12.6 Å². The van der Waals surface area contributed by atoms with Crippen LogP contribution in [0.5, 0.6) is 0 Å². The molecular formula is C16H17N5O7S2. The molecule has 0 spiro atoms. The van der Waals surface area contributed by atoms with Gasteiger partial charge in [0.25, 0.3) is 5.91 Å². The van der Waals surface area contributed by atoms with Gasteiger partial charge >= 0.3 is 11.9 Å². The number of esters is 1. The Hall–Kier alpha value is -3.13. The van der Waals surface area contributed by atoms with Gasteiger partial charge in [-0.3, -0.25) is 14.4 Å². The van der Waals surface area contributed by atoms with E-state index in [1.165, 1.54) is 24.8 Å². The van der Waals surface area contributed by atoms with Crippen molar-refractivity contribution < 1.29 is 33.9 Å². The van der Waals surface area contributed by atoms with Crippen LogP contribution in [0.15, 0.2) is 21.5 Å². The number of carbonyl (C=O) groups excluding carboxylic acids is 3. The van der Waals surface area contributed by atoms with Gasteiger partial charge in [0.15, 0.2) is 16.9 Å². The van der Waals surface area contributed by atoms with E-state index in [-0.39, 0.29) is 28.7 Å². The Bertz CT molecular complexity index is 960. The van der Waals surface area contributed by atoms with Crippen LogP contribution in [0.2, 0.25) is 0 Å². The predicted molar refractivity (Wildman–Crippen MR) is 106 cm³/mol. The summed E-state index contributed by atoms with van der Waals surface area (Å²) < 4.78 is 4.87.